The Labute approximate surface area is 448 Å². The van der Waals surface area contributed by atoms with E-state index in [2.05, 4.69) is 18.2 Å². The van der Waals surface area contributed by atoms with Gasteiger partial charge in [0.15, 0.2) is 5.82 Å². The molecule has 0 amide bonds. The highest BCUT2D eigenvalue weighted by atomic mass is 16.3. The van der Waals surface area contributed by atoms with Gasteiger partial charge in [-0.25, -0.2) is 9.97 Å². The lowest BCUT2D eigenvalue weighted by Crippen LogP contribution is -2.60. The second-order valence-electron chi connectivity index (χ2n) is 17.9. The molecule has 0 atom stereocenters. The summed E-state index contributed by atoms with van der Waals surface area (Å²) < 4.78 is 6.63. The van der Waals surface area contributed by atoms with Gasteiger partial charge in [0.2, 0.25) is 0 Å². The molecule has 0 saturated heterocycles. The predicted molar refractivity (Wildman–Crippen MR) is 324 cm³/mol. The smallest absolute Gasteiger partial charge is 0.161 e. The zero-order valence-electron chi connectivity index (χ0n) is 39.6. The Hall–Kier alpha value is -7.17. The fraction of sp³-hybridized carbons (Fsp3) is 0. The van der Waals surface area contributed by atoms with Gasteiger partial charge in [0.25, 0.3) is 0 Å². The van der Waals surface area contributed by atoms with Crippen LogP contribution in [0, 0.1) is 0 Å². The molecule has 74 heavy (non-hydrogen) atoms. The van der Waals surface area contributed by atoms with Gasteiger partial charge in [0, 0.05) is 44.5 Å². The van der Waals surface area contributed by atoms with Crippen LogP contribution in [0.1, 0.15) is 0 Å². The summed E-state index contributed by atoms with van der Waals surface area (Å²) >= 11 is 0. The maximum Gasteiger partial charge on any atom is 0.161 e. The lowest BCUT2D eigenvalue weighted by molar-refractivity contribution is 0.669. The molecule has 0 aliphatic carbocycles. The number of fused-ring (bicyclic) bond motifs is 4. The Morgan fingerprint density at radius 3 is 1.19 bits per heavy atom. The fourth-order valence-electron chi connectivity index (χ4n) is 9.88. The number of benzene rings is 9. The summed E-state index contributed by atoms with van der Waals surface area (Å²) in [6, 6.07) is 45.9. The monoisotopic (exact) mass is 907 g/mol. The summed E-state index contributed by atoms with van der Waals surface area (Å²) in [6.07, 6.45) is 0. The Balaban J connectivity index is 1.16. The van der Waals surface area contributed by atoms with Crippen LogP contribution in [0.5, 0.6) is 0 Å². The molecular formula is C56H23B14N3O. The number of anilines is 3. The lowest BCUT2D eigenvalue weighted by atomic mass is 9.59. The first-order valence-corrected chi connectivity index (χ1v) is 23.1. The van der Waals surface area contributed by atoms with Gasteiger partial charge < -0.3 is 9.32 Å². The van der Waals surface area contributed by atoms with E-state index in [-0.39, 0.29) is 99.1 Å². The number of rotatable bonds is 8. The molecule has 2 heterocycles. The van der Waals surface area contributed by atoms with E-state index in [1.807, 2.05) is 121 Å². The fourth-order valence-corrected chi connectivity index (χ4v) is 9.88. The lowest BCUT2D eigenvalue weighted by Gasteiger charge is -2.40. The van der Waals surface area contributed by atoms with Crippen molar-refractivity contribution in [1.82, 2.24) is 9.97 Å². The molecule has 18 heteroatoms. The second-order valence-corrected chi connectivity index (χ2v) is 17.9. The number of furan rings is 1. The van der Waals surface area contributed by atoms with E-state index in [0.717, 1.165) is 60.8 Å². The van der Waals surface area contributed by atoms with Crippen LogP contribution in [0.4, 0.5) is 17.1 Å². The number of nitrogens with zero attached hydrogens (tertiary/aromatic N) is 3. The zero-order chi connectivity index (χ0) is 52.0. The van der Waals surface area contributed by atoms with Gasteiger partial charge in [-0.05, 0) is 63.4 Å². The van der Waals surface area contributed by atoms with E-state index >= 15 is 0 Å². The molecule has 0 saturated carbocycles. The molecule has 0 bridgehead atoms. The van der Waals surface area contributed by atoms with E-state index in [4.69, 9.17) is 124 Å². The Morgan fingerprint density at radius 1 is 0.311 bits per heavy atom. The molecule has 11 rings (SSSR count). The third-order valence-corrected chi connectivity index (χ3v) is 13.7. The number of hydrogen-bond acceptors (Lipinski definition) is 4. The third-order valence-electron chi connectivity index (χ3n) is 13.7. The minimum Gasteiger partial charge on any atom is -0.456 e. The first kappa shape index (κ1) is 49.1. The third kappa shape index (κ3) is 7.82. The minimum absolute atomic E-state index is 0.00922. The summed E-state index contributed by atoms with van der Waals surface area (Å²) in [4.78, 5) is 11.7. The molecular weight excluding hydrogens is 882 g/mol. The molecule has 310 valence electrons. The summed E-state index contributed by atoms with van der Waals surface area (Å²) in [5.41, 5.74) is 6.32. The highest BCUT2D eigenvalue weighted by Crippen LogP contribution is 2.44. The van der Waals surface area contributed by atoms with Crippen molar-refractivity contribution in [2.75, 3.05) is 4.90 Å². The molecule has 2 aromatic heterocycles. The first-order chi connectivity index (χ1) is 35.6. The Kier molecular flexibility index (Phi) is 12.6. The number of hydrogen-bond donors (Lipinski definition) is 0. The number of aromatic nitrogens is 2. The van der Waals surface area contributed by atoms with Crippen molar-refractivity contribution in [2.24, 2.45) is 0 Å². The van der Waals surface area contributed by atoms with Crippen LogP contribution >= 0.6 is 0 Å². The highest BCUT2D eigenvalue weighted by Gasteiger charge is 2.29. The van der Waals surface area contributed by atoms with Crippen LogP contribution in [-0.4, -0.2) is 120 Å². The molecule has 28 radical (unpaired) electrons. The van der Waals surface area contributed by atoms with Crippen LogP contribution in [-0.2, 0) is 0 Å². The van der Waals surface area contributed by atoms with Crippen molar-refractivity contribution < 1.29 is 4.42 Å². The first-order valence-electron chi connectivity index (χ1n) is 23.1. The van der Waals surface area contributed by atoms with Crippen LogP contribution < -0.4 is 81.4 Å². The summed E-state index contributed by atoms with van der Waals surface area (Å²) in [6.45, 7) is 0. The van der Waals surface area contributed by atoms with E-state index in [0.29, 0.717) is 22.6 Å². The predicted octanol–water partition coefficient (Wildman–Crippen LogP) is -1.55. The molecule has 0 unspecified atom stereocenters. The average molecular weight is 905 g/mol. The van der Waals surface area contributed by atoms with E-state index in [1.165, 1.54) is 4.90 Å². The van der Waals surface area contributed by atoms with Gasteiger partial charge in [-0.15, -0.1) is 32.8 Å². The van der Waals surface area contributed by atoms with Crippen LogP contribution in [0.2, 0.25) is 0 Å². The van der Waals surface area contributed by atoms with E-state index in [1.54, 1.807) is 0 Å². The van der Waals surface area contributed by atoms with Crippen LogP contribution in [0.25, 0.3) is 88.9 Å². The van der Waals surface area contributed by atoms with Crippen molar-refractivity contribution >= 4 is 236 Å². The van der Waals surface area contributed by atoms with Gasteiger partial charge in [-0.2, -0.15) is 0 Å². The molecule has 0 aliphatic heterocycles. The van der Waals surface area contributed by atoms with Gasteiger partial charge >= 0.3 is 0 Å². The van der Waals surface area contributed by atoms with E-state index in [9.17, 15) is 0 Å². The molecule has 9 aromatic carbocycles. The SMILES string of the molecule is [B]c1c([B])c([B])c(N(c2c([B])c([B])c([B])c([B])c2[B])c2c([B])c([B])c(-c3cc(-c4ccc(-c5nc(-c6ccccc6)cc(-c6ccccc6)n5)c5ccccc45)c4c(c3)oc3ccccc34)c([B])c2[B])c([B])c1[B]. The van der Waals surface area contributed by atoms with Crippen LogP contribution in [0.3, 0.4) is 0 Å². The Morgan fingerprint density at radius 2 is 0.703 bits per heavy atom. The van der Waals surface area contributed by atoms with Crippen molar-refractivity contribution in [1.29, 1.82) is 0 Å². The average Bonchev–Trinajstić information content (AvgIpc) is 3.81. The maximum atomic E-state index is 7.19. The largest absolute Gasteiger partial charge is 0.456 e. The van der Waals surface area contributed by atoms with Crippen LogP contribution in [0.15, 0.2) is 144 Å². The normalized spacial score (nSPS) is 11.5. The Bertz CT molecular complexity index is 3940. The molecule has 0 fully saturated rings. The van der Waals surface area contributed by atoms with Gasteiger partial charge in [-0.3, -0.25) is 0 Å². The quantitative estimate of drug-likeness (QED) is 0.174. The van der Waals surface area contributed by atoms with Gasteiger partial charge in [0.1, 0.15) is 121 Å². The van der Waals surface area contributed by atoms with Crippen molar-refractivity contribution in [3.8, 4) is 56.2 Å². The molecule has 0 N–H and O–H groups in total. The van der Waals surface area contributed by atoms with Gasteiger partial charge in [0.05, 0.1) is 11.4 Å². The highest BCUT2D eigenvalue weighted by molar-refractivity contribution is 6.72. The topological polar surface area (TPSA) is 42.2 Å². The summed E-state index contributed by atoms with van der Waals surface area (Å²) in [5.74, 6) is 0.557. The second kappa shape index (κ2) is 19.0. The van der Waals surface area contributed by atoms with Crippen molar-refractivity contribution in [3.05, 3.63) is 140 Å². The number of para-hydroxylation sites is 1. The zero-order valence-corrected chi connectivity index (χ0v) is 39.6. The van der Waals surface area contributed by atoms with Crippen molar-refractivity contribution in [2.45, 2.75) is 0 Å². The minimum atomic E-state index is -0.146. The molecule has 0 spiro atoms. The summed E-state index contributed by atoms with van der Waals surface area (Å²) in [5, 5.41) is 3.53. The standard InChI is InChI=1S/C56H23B14N3O/c57-39-37(40(58)48(66)53(47(39)65)73(54-49(67)43(61)41(59)44(62)50(54)68)55-51(69)45(63)42(60)46(64)52(55)70)26-21-32(38-31-17-9-10-18-35(31)74-36(38)22-26)29-19-20-30(28-16-8-7-15-27(28)29)56-71-33(24-11-3-1-4-12-24)23-34(72-56)25-13-5-2-6-14-25/h1-23H. The summed E-state index contributed by atoms with van der Waals surface area (Å²) in [7, 11) is 93.8. The molecule has 4 nitrogen and oxygen atoms in total. The van der Waals surface area contributed by atoms with E-state index < -0.39 is 0 Å². The van der Waals surface area contributed by atoms with Crippen molar-refractivity contribution in [3.63, 3.8) is 0 Å². The maximum absolute atomic E-state index is 7.19. The molecule has 11 aromatic rings. The molecule has 0 aliphatic rings. The van der Waals surface area contributed by atoms with Gasteiger partial charge in [-0.1, -0.05) is 153 Å².